The van der Waals surface area contributed by atoms with Crippen LogP contribution in [0.4, 0.5) is 0 Å². The van der Waals surface area contributed by atoms with E-state index >= 15 is 0 Å². The highest BCUT2D eigenvalue weighted by molar-refractivity contribution is 6.73. The van der Waals surface area contributed by atoms with Gasteiger partial charge in [-0.25, -0.2) is 4.79 Å². The number of carbonyl (C=O) groups excluding carboxylic acids is 2. The third-order valence-corrected chi connectivity index (χ3v) is 17.5. The molecule has 0 amide bonds. The van der Waals surface area contributed by atoms with E-state index in [2.05, 4.69) is 20.8 Å². The number of aliphatic hydroxyl groups excluding tert-OH is 2. The molecule has 0 aromatic heterocycles. The van der Waals surface area contributed by atoms with Gasteiger partial charge < -0.3 is 34.0 Å². The zero-order valence-electron chi connectivity index (χ0n) is 29.0. The van der Waals surface area contributed by atoms with Crippen LogP contribution in [0.25, 0.3) is 0 Å². The van der Waals surface area contributed by atoms with Crippen LogP contribution in [0.1, 0.15) is 85.5 Å². The lowest BCUT2D eigenvalue weighted by atomic mass is 9.44. The Balaban J connectivity index is 1.83. The van der Waals surface area contributed by atoms with Crippen molar-refractivity contribution < 1.29 is 43.5 Å². The number of fused-ring (bicyclic) bond motifs is 5. The van der Waals surface area contributed by atoms with Crippen LogP contribution in [0, 0.1) is 22.7 Å². The Bertz CT molecular complexity index is 1350. The van der Waals surface area contributed by atoms with Gasteiger partial charge in [0.25, 0.3) is 0 Å². The molecule has 9 nitrogen and oxygen atoms in total. The molecule has 2 saturated carbocycles. The van der Waals surface area contributed by atoms with Crippen molar-refractivity contribution in [1.29, 1.82) is 0 Å². The number of benzene rings is 1. The monoisotopic (exact) mass is 658 g/mol. The van der Waals surface area contributed by atoms with Gasteiger partial charge in [0.2, 0.25) is 0 Å². The summed E-state index contributed by atoms with van der Waals surface area (Å²) in [6, 6.07) is 11.2. The van der Waals surface area contributed by atoms with E-state index in [9.17, 15) is 24.9 Å². The van der Waals surface area contributed by atoms with Gasteiger partial charge in [0, 0.05) is 24.2 Å². The van der Waals surface area contributed by atoms with Crippen LogP contribution < -0.4 is 0 Å². The van der Waals surface area contributed by atoms with Gasteiger partial charge in [-0.3, -0.25) is 4.79 Å². The van der Waals surface area contributed by atoms with Crippen molar-refractivity contribution in [2.75, 3.05) is 6.61 Å². The van der Waals surface area contributed by atoms with Crippen LogP contribution in [-0.4, -0.2) is 83.9 Å². The predicted octanol–water partition coefficient (Wildman–Crippen LogP) is 5.18. The Hall–Kier alpha value is -2.08. The first kappa shape index (κ1) is 35.2. The molecule has 4 aliphatic rings. The summed E-state index contributed by atoms with van der Waals surface area (Å²) >= 11 is 0. The quantitative estimate of drug-likeness (QED) is 0.197. The molecule has 5 rings (SSSR count). The second-order valence-corrected chi connectivity index (χ2v) is 19.8. The summed E-state index contributed by atoms with van der Waals surface area (Å²) in [6.45, 7) is 17.2. The van der Waals surface area contributed by atoms with E-state index in [4.69, 9.17) is 18.6 Å². The summed E-state index contributed by atoms with van der Waals surface area (Å²) in [5.74, 6) is -2.37. The van der Waals surface area contributed by atoms with E-state index in [1.807, 2.05) is 34.6 Å². The highest BCUT2D eigenvalue weighted by Crippen LogP contribution is 2.66. The van der Waals surface area contributed by atoms with E-state index < -0.39 is 78.7 Å². The second-order valence-electron chi connectivity index (χ2n) is 15.1. The zero-order chi connectivity index (χ0) is 34.0. The van der Waals surface area contributed by atoms with Crippen molar-refractivity contribution >= 4 is 20.3 Å². The molecule has 10 atom stereocenters. The van der Waals surface area contributed by atoms with Gasteiger partial charge in [-0.15, -0.1) is 0 Å². The predicted molar refractivity (Wildman–Crippen MR) is 175 cm³/mol. The van der Waals surface area contributed by atoms with Gasteiger partial charge in [-0.2, -0.15) is 0 Å². The summed E-state index contributed by atoms with van der Waals surface area (Å²) in [5.41, 5.74) is -3.83. The van der Waals surface area contributed by atoms with Crippen molar-refractivity contribution in [3.05, 3.63) is 47.0 Å². The first-order valence-corrected chi connectivity index (χ1v) is 19.6. The lowest BCUT2D eigenvalue weighted by Crippen LogP contribution is -2.82. The average molecular weight is 659 g/mol. The third-order valence-electron chi connectivity index (χ3n) is 12.8. The SMILES string of the molecule is CC[Si](CC)(CC)OC1C[C@H]2OC[C@@]2(OC(C)=O)[C@H]2[C@H](OC(=O)c3ccccc3)[C@]3(O)C[C@H](C)C(C)=C([C@H](O)[C@H](O)[C@]12C)C3(C)C. The van der Waals surface area contributed by atoms with Gasteiger partial charge in [-0.1, -0.05) is 72.2 Å². The number of aliphatic hydroxyl groups is 3. The minimum absolute atomic E-state index is 0.00187. The molecule has 1 heterocycles. The summed E-state index contributed by atoms with van der Waals surface area (Å²) in [7, 11) is -2.34. The Morgan fingerprint density at radius 1 is 1.04 bits per heavy atom. The van der Waals surface area contributed by atoms with Crippen molar-refractivity contribution in [3.8, 4) is 0 Å². The van der Waals surface area contributed by atoms with Crippen LogP contribution in [0.15, 0.2) is 41.5 Å². The molecule has 256 valence electrons. The number of esters is 2. The molecule has 1 saturated heterocycles. The van der Waals surface area contributed by atoms with Crippen LogP contribution in [0.2, 0.25) is 18.1 Å². The van der Waals surface area contributed by atoms with Crippen LogP contribution >= 0.6 is 0 Å². The number of ether oxygens (including phenoxy) is 3. The molecule has 1 aliphatic heterocycles. The maximum absolute atomic E-state index is 14.1. The van der Waals surface area contributed by atoms with E-state index in [1.165, 1.54) is 6.92 Å². The molecule has 1 aromatic rings. The Labute approximate surface area is 274 Å². The molecular formula is C36H54O9Si. The number of hydrogen-bond donors (Lipinski definition) is 3. The van der Waals surface area contributed by atoms with Crippen molar-refractivity contribution in [3.63, 3.8) is 0 Å². The summed E-state index contributed by atoms with van der Waals surface area (Å²) in [4.78, 5) is 27.0. The fourth-order valence-corrected chi connectivity index (χ4v) is 12.6. The molecule has 3 aliphatic carbocycles. The highest BCUT2D eigenvalue weighted by Gasteiger charge is 2.78. The van der Waals surface area contributed by atoms with Crippen molar-refractivity contribution in [2.45, 2.75) is 135 Å². The van der Waals surface area contributed by atoms with Gasteiger partial charge in [-0.05, 0) is 55.1 Å². The maximum atomic E-state index is 14.1. The molecule has 10 heteroatoms. The van der Waals surface area contributed by atoms with Gasteiger partial charge in [0.05, 0.1) is 30.3 Å². The number of rotatable bonds is 8. The second kappa shape index (κ2) is 12.1. The minimum Gasteiger partial charge on any atom is -0.455 e. The standard InChI is InChI=1S/C36H54O9Si/c1-10-46(11-2,12-3)45-25-18-26-35(20-42-26,44-23(6)37)29-31(43-32(40)24-16-14-13-15-17-24)36(41)19-21(4)22(5)27(33(36,7)8)28(38)30(39)34(25,29)9/h13-17,21,25-26,28-31,38-39,41H,10-12,18-20H2,1-9H3/t21-,25?,26+,28-,29-,30-,31-,34+,35-,36+/m0/s1. The van der Waals surface area contributed by atoms with E-state index in [0.717, 1.165) is 23.7 Å². The Kier molecular flexibility index (Phi) is 9.27. The molecule has 1 unspecified atom stereocenters. The van der Waals surface area contributed by atoms with Gasteiger partial charge in [0.15, 0.2) is 13.9 Å². The molecule has 0 radical (unpaired) electrons. The molecule has 46 heavy (non-hydrogen) atoms. The lowest BCUT2D eigenvalue weighted by Gasteiger charge is -2.70. The number of carbonyl (C=O) groups is 2. The zero-order valence-corrected chi connectivity index (χ0v) is 30.0. The normalized spacial score (nSPS) is 40.0. The van der Waals surface area contributed by atoms with E-state index in [0.29, 0.717) is 17.6 Å². The molecular weight excluding hydrogens is 604 g/mol. The molecule has 3 fully saturated rings. The fraction of sp³-hybridized carbons (Fsp3) is 0.722. The lowest BCUT2D eigenvalue weighted by molar-refractivity contribution is -0.363. The van der Waals surface area contributed by atoms with Crippen LogP contribution in [-0.2, 0) is 23.4 Å². The van der Waals surface area contributed by atoms with Crippen molar-refractivity contribution in [2.24, 2.45) is 22.7 Å². The summed E-state index contributed by atoms with van der Waals surface area (Å²) in [6.07, 6.45) is -4.78. The molecule has 0 spiro atoms. The maximum Gasteiger partial charge on any atom is 0.338 e. The van der Waals surface area contributed by atoms with Crippen LogP contribution in [0.5, 0.6) is 0 Å². The topological polar surface area (TPSA) is 132 Å². The summed E-state index contributed by atoms with van der Waals surface area (Å²) < 4.78 is 26.2. The summed E-state index contributed by atoms with van der Waals surface area (Å²) in [5, 5.41) is 38.2. The fourth-order valence-electron chi connectivity index (χ4n) is 9.60. The highest BCUT2D eigenvalue weighted by atomic mass is 28.4. The Morgan fingerprint density at radius 3 is 2.17 bits per heavy atom. The van der Waals surface area contributed by atoms with Gasteiger partial charge in [0.1, 0.15) is 23.9 Å². The number of hydrogen-bond acceptors (Lipinski definition) is 9. The van der Waals surface area contributed by atoms with E-state index in [-0.39, 0.29) is 18.9 Å². The molecule has 2 bridgehead atoms. The third kappa shape index (κ3) is 4.96. The first-order valence-electron chi connectivity index (χ1n) is 17.0. The largest absolute Gasteiger partial charge is 0.455 e. The van der Waals surface area contributed by atoms with Gasteiger partial charge >= 0.3 is 11.9 Å². The molecule has 1 aromatic carbocycles. The Morgan fingerprint density at radius 2 is 1.65 bits per heavy atom. The smallest absolute Gasteiger partial charge is 0.338 e. The first-order chi connectivity index (χ1) is 21.5. The molecule has 3 N–H and O–H groups in total. The average Bonchev–Trinajstić information content (AvgIpc) is 3.01. The van der Waals surface area contributed by atoms with E-state index in [1.54, 1.807) is 30.3 Å². The minimum atomic E-state index is -2.34. The van der Waals surface area contributed by atoms with Crippen molar-refractivity contribution in [1.82, 2.24) is 0 Å². The van der Waals surface area contributed by atoms with Crippen LogP contribution in [0.3, 0.4) is 0 Å². The number of allylic oxidation sites excluding steroid dienone is 1.